The molecule has 0 aliphatic heterocycles. The Morgan fingerprint density at radius 3 is 2.43 bits per heavy atom. The van der Waals surface area contributed by atoms with E-state index in [9.17, 15) is 10.2 Å². The second-order valence-corrected chi connectivity index (χ2v) is 5.43. The zero-order valence-electron chi connectivity index (χ0n) is 13.4. The van der Waals surface area contributed by atoms with Gasteiger partial charge in [0.1, 0.15) is 5.75 Å². The molecule has 0 aliphatic rings. The Balaban J connectivity index is 2.00. The first-order valence-electron chi connectivity index (χ1n) is 7.48. The van der Waals surface area contributed by atoms with Gasteiger partial charge in [0.2, 0.25) is 0 Å². The fourth-order valence-electron chi connectivity index (χ4n) is 2.48. The molecule has 124 valence electrons. The normalized spacial score (nSPS) is 13.4. The van der Waals surface area contributed by atoms with Gasteiger partial charge in [-0.1, -0.05) is 18.2 Å². The van der Waals surface area contributed by atoms with Crippen molar-refractivity contribution < 1.29 is 19.7 Å². The van der Waals surface area contributed by atoms with Crippen molar-refractivity contribution in [3.8, 4) is 17.2 Å². The Bertz CT molecular complexity index is 645. The monoisotopic (exact) mass is 317 g/mol. The number of aryl methyl sites for hydroxylation is 1. The van der Waals surface area contributed by atoms with Crippen molar-refractivity contribution in [3.63, 3.8) is 0 Å². The number of hydrogen-bond acceptors (Lipinski definition) is 5. The lowest BCUT2D eigenvalue weighted by molar-refractivity contribution is 0.142. The number of nitrogens with two attached hydrogens (primary N) is 1. The first kappa shape index (κ1) is 17.1. The molecule has 0 radical (unpaired) electrons. The average molecular weight is 317 g/mol. The summed E-state index contributed by atoms with van der Waals surface area (Å²) < 4.78 is 10.5. The lowest BCUT2D eigenvalue weighted by Crippen LogP contribution is -2.28. The molecule has 0 fully saturated rings. The lowest BCUT2D eigenvalue weighted by Gasteiger charge is -2.19. The van der Waals surface area contributed by atoms with Gasteiger partial charge in [0.25, 0.3) is 0 Å². The summed E-state index contributed by atoms with van der Waals surface area (Å²) in [4.78, 5) is 0. The highest BCUT2D eigenvalue weighted by Crippen LogP contribution is 2.29. The third-order valence-electron chi connectivity index (χ3n) is 3.83. The molecule has 5 heteroatoms. The van der Waals surface area contributed by atoms with Crippen molar-refractivity contribution in [2.24, 2.45) is 5.73 Å². The van der Waals surface area contributed by atoms with Crippen molar-refractivity contribution in [1.82, 2.24) is 0 Å². The SMILES string of the molecule is COc1ccc(CCC(N)C(O)c2cccc(O)c2)cc1OC. The number of aromatic hydroxyl groups is 1. The number of phenolic OH excluding ortho intramolecular Hbond substituents is 1. The molecule has 2 aromatic carbocycles. The van der Waals surface area contributed by atoms with Crippen molar-refractivity contribution in [2.75, 3.05) is 14.2 Å². The summed E-state index contributed by atoms with van der Waals surface area (Å²) in [5.74, 6) is 1.47. The highest BCUT2D eigenvalue weighted by atomic mass is 16.5. The second-order valence-electron chi connectivity index (χ2n) is 5.43. The van der Waals surface area contributed by atoms with Crippen LogP contribution in [0.5, 0.6) is 17.2 Å². The molecule has 4 N–H and O–H groups in total. The fourth-order valence-corrected chi connectivity index (χ4v) is 2.48. The molecular weight excluding hydrogens is 294 g/mol. The van der Waals surface area contributed by atoms with Crippen LogP contribution in [0.15, 0.2) is 42.5 Å². The van der Waals surface area contributed by atoms with Crippen LogP contribution in [-0.2, 0) is 6.42 Å². The van der Waals surface area contributed by atoms with E-state index >= 15 is 0 Å². The van der Waals surface area contributed by atoms with Crippen molar-refractivity contribution in [3.05, 3.63) is 53.6 Å². The van der Waals surface area contributed by atoms with E-state index in [1.807, 2.05) is 18.2 Å². The molecule has 2 aromatic rings. The zero-order chi connectivity index (χ0) is 16.8. The molecule has 2 rings (SSSR count). The van der Waals surface area contributed by atoms with Crippen molar-refractivity contribution in [2.45, 2.75) is 25.0 Å². The minimum absolute atomic E-state index is 0.119. The Kier molecular flexibility index (Phi) is 5.84. The number of rotatable bonds is 7. The molecule has 0 aliphatic carbocycles. The van der Waals surface area contributed by atoms with Gasteiger partial charge in [-0.3, -0.25) is 0 Å². The summed E-state index contributed by atoms with van der Waals surface area (Å²) in [6, 6.07) is 11.8. The van der Waals surface area contributed by atoms with E-state index in [1.54, 1.807) is 32.4 Å². The van der Waals surface area contributed by atoms with Gasteiger partial charge in [0.15, 0.2) is 11.5 Å². The molecule has 5 nitrogen and oxygen atoms in total. The van der Waals surface area contributed by atoms with Crippen molar-refractivity contribution >= 4 is 0 Å². The quantitative estimate of drug-likeness (QED) is 0.730. The van der Waals surface area contributed by atoms with Gasteiger partial charge in [0.05, 0.1) is 20.3 Å². The molecule has 0 heterocycles. The third kappa shape index (κ3) is 4.37. The van der Waals surface area contributed by atoms with Crippen LogP contribution < -0.4 is 15.2 Å². The Labute approximate surface area is 136 Å². The van der Waals surface area contributed by atoms with E-state index in [-0.39, 0.29) is 5.75 Å². The number of aliphatic hydroxyl groups is 1. The van der Waals surface area contributed by atoms with Gasteiger partial charge in [-0.05, 0) is 48.2 Å². The number of hydrogen-bond donors (Lipinski definition) is 3. The van der Waals surface area contributed by atoms with Crippen LogP contribution in [0.4, 0.5) is 0 Å². The molecule has 2 atom stereocenters. The smallest absolute Gasteiger partial charge is 0.160 e. The number of ether oxygens (including phenoxy) is 2. The molecule has 23 heavy (non-hydrogen) atoms. The highest BCUT2D eigenvalue weighted by Gasteiger charge is 2.17. The maximum Gasteiger partial charge on any atom is 0.160 e. The molecule has 0 amide bonds. The molecule has 0 aromatic heterocycles. The van der Waals surface area contributed by atoms with E-state index in [4.69, 9.17) is 15.2 Å². The number of benzene rings is 2. The van der Waals surface area contributed by atoms with Gasteiger partial charge in [-0.15, -0.1) is 0 Å². The summed E-state index contributed by atoms with van der Waals surface area (Å²) in [5, 5.41) is 19.8. The van der Waals surface area contributed by atoms with Gasteiger partial charge in [0, 0.05) is 6.04 Å². The Morgan fingerprint density at radius 2 is 1.78 bits per heavy atom. The third-order valence-corrected chi connectivity index (χ3v) is 3.83. The van der Waals surface area contributed by atoms with Crippen LogP contribution in [0, 0.1) is 0 Å². The van der Waals surface area contributed by atoms with Crippen LogP contribution in [0.3, 0.4) is 0 Å². The zero-order valence-corrected chi connectivity index (χ0v) is 13.4. The molecule has 2 unspecified atom stereocenters. The maximum atomic E-state index is 10.3. The predicted octanol–water partition coefficient (Wildman–Crippen LogP) is 2.40. The largest absolute Gasteiger partial charge is 0.508 e. The summed E-state index contributed by atoms with van der Waals surface area (Å²) in [7, 11) is 3.19. The van der Waals surface area contributed by atoms with E-state index in [1.165, 1.54) is 6.07 Å². The van der Waals surface area contributed by atoms with E-state index in [2.05, 4.69) is 0 Å². The van der Waals surface area contributed by atoms with E-state index in [0.717, 1.165) is 5.56 Å². The van der Waals surface area contributed by atoms with E-state index in [0.29, 0.717) is 29.9 Å². The van der Waals surface area contributed by atoms with Gasteiger partial charge < -0.3 is 25.4 Å². The predicted molar refractivity (Wildman–Crippen MR) is 88.9 cm³/mol. The van der Waals surface area contributed by atoms with Gasteiger partial charge in [-0.2, -0.15) is 0 Å². The molecule has 0 saturated carbocycles. The summed E-state index contributed by atoms with van der Waals surface area (Å²) in [6.07, 6.45) is 0.492. The first-order chi connectivity index (χ1) is 11.0. The molecule has 0 bridgehead atoms. The Morgan fingerprint density at radius 1 is 1.04 bits per heavy atom. The highest BCUT2D eigenvalue weighted by molar-refractivity contribution is 5.43. The lowest BCUT2D eigenvalue weighted by atomic mass is 9.97. The number of aliphatic hydroxyl groups excluding tert-OH is 1. The summed E-state index contributed by atoms with van der Waals surface area (Å²) in [5.41, 5.74) is 7.76. The van der Waals surface area contributed by atoms with Crippen LogP contribution in [0.1, 0.15) is 23.7 Å². The minimum Gasteiger partial charge on any atom is -0.508 e. The summed E-state index contributed by atoms with van der Waals surface area (Å²) >= 11 is 0. The fraction of sp³-hybridized carbons (Fsp3) is 0.333. The van der Waals surface area contributed by atoms with Crippen LogP contribution in [0.2, 0.25) is 0 Å². The van der Waals surface area contributed by atoms with Crippen LogP contribution in [-0.4, -0.2) is 30.5 Å². The molecule has 0 saturated heterocycles. The second kappa shape index (κ2) is 7.85. The van der Waals surface area contributed by atoms with Crippen molar-refractivity contribution in [1.29, 1.82) is 0 Å². The molecular formula is C18H23NO4. The molecule has 0 spiro atoms. The maximum absolute atomic E-state index is 10.3. The standard InChI is InChI=1S/C18H23NO4/c1-22-16-9-7-12(10-17(16)23-2)6-8-15(19)18(21)13-4-3-5-14(20)11-13/h3-5,7,9-11,15,18,20-21H,6,8,19H2,1-2H3. The average Bonchev–Trinajstić information content (AvgIpc) is 2.58. The van der Waals surface area contributed by atoms with Gasteiger partial charge in [-0.25, -0.2) is 0 Å². The van der Waals surface area contributed by atoms with Crippen LogP contribution in [0.25, 0.3) is 0 Å². The first-order valence-corrected chi connectivity index (χ1v) is 7.48. The van der Waals surface area contributed by atoms with Gasteiger partial charge >= 0.3 is 0 Å². The number of methoxy groups -OCH3 is 2. The van der Waals surface area contributed by atoms with Crippen LogP contribution >= 0.6 is 0 Å². The Hall–Kier alpha value is -2.24. The number of phenols is 1. The minimum atomic E-state index is -0.817. The van der Waals surface area contributed by atoms with E-state index < -0.39 is 12.1 Å². The topological polar surface area (TPSA) is 84.9 Å². The summed E-state index contributed by atoms with van der Waals surface area (Å²) in [6.45, 7) is 0.